The number of H-pyrrole nitrogens is 1. The average Bonchev–Trinajstić information content (AvgIpc) is 2.75. The molecule has 1 N–H and O–H groups in total. The molecule has 0 amide bonds. The molecule has 90 valence electrons. The van der Waals surface area contributed by atoms with Crippen LogP contribution >= 0.6 is 12.2 Å². The Morgan fingerprint density at radius 3 is 2.41 bits per heavy atom. The number of nitrogens with one attached hydrogen (secondary N) is 1. The highest BCUT2D eigenvalue weighted by atomic mass is 32.1. The molecular formula is C11H12N2O3S. The normalized spacial score (nSPS) is 10.2. The zero-order valence-corrected chi connectivity index (χ0v) is 10.1. The Morgan fingerprint density at radius 1 is 1.24 bits per heavy atom. The Labute approximate surface area is 103 Å². The number of aromatic nitrogens is 2. The maximum Gasteiger partial charge on any atom is 0.284 e. The lowest BCUT2D eigenvalue weighted by Crippen LogP contribution is -1.96. The van der Waals surface area contributed by atoms with Crippen LogP contribution < -0.4 is 9.47 Å². The minimum absolute atomic E-state index is 0.237. The fraction of sp³-hybridized carbons (Fsp3) is 0.273. The molecule has 6 heteroatoms. The van der Waals surface area contributed by atoms with Gasteiger partial charge in [-0.2, -0.15) is 0 Å². The van der Waals surface area contributed by atoms with E-state index >= 15 is 0 Å². The average molecular weight is 252 g/mol. The lowest BCUT2D eigenvalue weighted by atomic mass is 10.3. The van der Waals surface area contributed by atoms with Gasteiger partial charge in [0, 0.05) is 0 Å². The molecule has 0 atom stereocenters. The number of rotatable bonds is 5. The van der Waals surface area contributed by atoms with Gasteiger partial charge in [-0.15, -0.1) is 5.10 Å². The third-order valence-corrected chi connectivity index (χ3v) is 2.15. The standard InChI is InChI=1S/C11H12N2O3S/c1-2-14-8-3-5-9(6-4-8)15-7-10-12-13-11(17)16-10/h3-6H,2,7H2,1H3,(H,13,17). The topological polar surface area (TPSA) is 60.3 Å². The van der Waals surface area contributed by atoms with E-state index in [4.69, 9.17) is 26.1 Å². The van der Waals surface area contributed by atoms with Crippen LogP contribution in [0.15, 0.2) is 28.7 Å². The first-order valence-corrected chi connectivity index (χ1v) is 5.59. The van der Waals surface area contributed by atoms with Crippen LogP contribution in [0.4, 0.5) is 0 Å². The van der Waals surface area contributed by atoms with Crippen LogP contribution in [0.1, 0.15) is 12.8 Å². The van der Waals surface area contributed by atoms with Gasteiger partial charge in [0.15, 0.2) is 6.61 Å². The van der Waals surface area contributed by atoms with E-state index in [0.29, 0.717) is 12.5 Å². The minimum atomic E-state index is 0.237. The fourth-order valence-corrected chi connectivity index (χ4v) is 1.41. The molecule has 1 heterocycles. The van der Waals surface area contributed by atoms with Gasteiger partial charge < -0.3 is 13.9 Å². The summed E-state index contributed by atoms with van der Waals surface area (Å²) in [7, 11) is 0. The molecule has 0 aliphatic heterocycles. The second-order valence-electron chi connectivity index (χ2n) is 3.20. The SMILES string of the molecule is CCOc1ccc(OCc2n[nH]c(=S)o2)cc1. The van der Waals surface area contributed by atoms with Crippen LogP contribution in [-0.2, 0) is 6.61 Å². The summed E-state index contributed by atoms with van der Waals surface area (Å²) >= 11 is 4.75. The number of hydrogen-bond donors (Lipinski definition) is 1. The second kappa shape index (κ2) is 5.49. The smallest absolute Gasteiger partial charge is 0.284 e. The Balaban J connectivity index is 1.92. The third kappa shape index (κ3) is 3.32. The van der Waals surface area contributed by atoms with Gasteiger partial charge in [-0.25, -0.2) is 5.10 Å². The molecule has 0 radical (unpaired) electrons. The van der Waals surface area contributed by atoms with Gasteiger partial charge in [-0.05, 0) is 43.4 Å². The molecule has 1 aromatic heterocycles. The van der Waals surface area contributed by atoms with Gasteiger partial charge in [-0.3, -0.25) is 0 Å². The highest BCUT2D eigenvalue weighted by Gasteiger charge is 2.01. The second-order valence-corrected chi connectivity index (χ2v) is 3.57. The van der Waals surface area contributed by atoms with E-state index in [-0.39, 0.29) is 11.4 Å². The molecule has 0 saturated heterocycles. The van der Waals surface area contributed by atoms with Gasteiger partial charge in [0.2, 0.25) is 0 Å². The summed E-state index contributed by atoms with van der Waals surface area (Å²) in [5.74, 6) is 1.96. The number of hydrogen-bond acceptors (Lipinski definition) is 5. The van der Waals surface area contributed by atoms with Gasteiger partial charge in [-0.1, -0.05) is 0 Å². The third-order valence-electron chi connectivity index (χ3n) is 1.98. The number of ether oxygens (including phenoxy) is 2. The van der Waals surface area contributed by atoms with E-state index in [1.807, 2.05) is 31.2 Å². The van der Waals surface area contributed by atoms with Crippen molar-refractivity contribution in [1.82, 2.24) is 10.2 Å². The molecule has 1 aromatic carbocycles. The lowest BCUT2D eigenvalue weighted by molar-refractivity contribution is 0.261. The summed E-state index contributed by atoms with van der Waals surface area (Å²) in [6.45, 7) is 2.82. The maximum atomic E-state index is 5.46. The number of aromatic amines is 1. The van der Waals surface area contributed by atoms with E-state index in [1.54, 1.807) is 0 Å². The Hall–Kier alpha value is -1.82. The van der Waals surface area contributed by atoms with Crippen molar-refractivity contribution in [2.75, 3.05) is 6.61 Å². The van der Waals surface area contributed by atoms with Crippen molar-refractivity contribution < 1.29 is 13.9 Å². The lowest BCUT2D eigenvalue weighted by Gasteiger charge is -2.05. The highest BCUT2D eigenvalue weighted by Crippen LogP contribution is 2.18. The largest absolute Gasteiger partial charge is 0.494 e. The van der Waals surface area contributed by atoms with Crippen molar-refractivity contribution in [3.63, 3.8) is 0 Å². The first kappa shape index (κ1) is 11.7. The Morgan fingerprint density at radius 2 is 1.88 bits per heavy atom. The zero-order chi connectivity index (χ0) is 12.1. The van der Waals surface area contributed by atoms with Crippen LogP contribution in [0, 0.1) is 4.84 Å². The van der Waals surface area contributed by atoms with E-state index in [0.717, 1.165) is 11.5 Å². The quantitative estimate of drug-likeness (QED) is 0.829. The predicted octanol–water partition coefficient (Wildman–Crippen LogP) is 2.71. The molecule has 0 unspecified atom stereocenters. The van der Waals surface area contributed by atoms with Crippen molar-refractivity contribution in [1.29, 1.82) is 0 Å². The molecular weight excluding hydrogens is 240 g/mol. The first-order valence-electron chi connectivity index (χ1n) is 5.18. The molecule has 0 fully saturated rings. The van der Waals surface area contributed by atoms with E-state index in [1.165, 1.54) is 0 Å². The molecule has 17 heavy (non-hydrogen) atoms. The summed E-state index contributed by atoms with van der Waals surface area (Å²) in [4.78, 5) is 0.246. The van der Waals surface area contributed by atoms with E-state index in [9.17, 15) is 0 Å². The van der Waals surface area contributed by atoms with Crippen LogP contribution in [0.2, 0.25) is 0 Å². The van der Waals surface area contributed by atoms with Crippen LogP contribution in [-0.4, -0.2) is 16.8 Å². The molecule has 0 aliphatic carbocycles. The summed E-state index contributed by atoms with van der Waals surface area (Å²) in [5.41, 5.74) is 0. The monoisotopic (exact) mass is 252 g/mol. The van der Waals surface area contributed by atoms with E-state index in [2.05, 4.69) is 10.2 Å². The Bertz CT molecular complexity index is 518. The summed E-state index contributed by atoms with van der Waals surface area (Å²) in [6, 6.07) is 7.34. The fourth-order valence-electron chi connectivity index (χ4n) is 1.27. The molecule has 0 bridgehead atoms. The predicted molar refractivity (Wildman–Crippen MR) is 63.6 cm³/mol. The van der Waals surface area contributed by atoms with Crippen molar-refractivity contribution in [2.24, 2.45) is 0 Å². The van der Waals surface area contributed by atoms with Gasteiger partial charge in [0.25, 0.3) is 10.7 Å². The van der Waals surface area contributed by atoms with Crippen molar-refractivity contribution in [3.8, 4) is 11.5 Å². The van der Waals surface area contributed by atoms with Crippen molar-refractivity contribution in [3.05, 3.63) is 35.0 Å². The molecule has 5 nitrogen and oxygen atoms in total. The molecule has 2 aromatic rings. The van der Waals surface area contributed by atoms with Gasteiger partial charge in [0.05, 0.1) is 6.61 Å². The minimum Gasteiger partial charge on any atom is -0.494 e. The van der Waals surface area contributed by atoms with Crippen molar-refractivity contribution in [2.45, 2.75) is 13.5 Å². The van der Waals surface area contributed by atoms with Crippen LogP contribution in [0.25, 0.3) is 0 Å². The Kier molecular flexibility index (Phi) is 3.77. The summed E-state index contributed by atoms with van der Waals surface area (Å²) in [5, 5.41) is 6.36. The molecule has 0 aliphatic rings. The molecule has 0 spiro atoms. The summed E-state index contributed by atoms with van der Waals surface area (Å²) in [6.07, 6.45) is 0. The number of benzene rings is 1. The van der Waals surface area contributed by atoms with Crippen LogP contribution in [0.3, 0.4) is 0 Å². The molecule has 0 saturated carbocycles. The highest BCUT2D eigenvalue weighted by molar-refractivity contribution is 7.71. The summed E-state index contributed by atoms with van der Waals surface area (Å²) < 4.78 is 15.8. The van der Waals surface area contributed by atoms with Crippen LogP contribution in [0.5, 0.6) is 11.5 Å². The maximum absolute atomic E-state index is 5.46. The van der Waals surface area contributed by atoms with E-state index < -0.39 is 0 Å². The zero-order valence-electron chi connectivity index (χ0n) is 9.30. The van der Waals surface area contributed by atoms with Crippen molar-refractivity contribution >= 4 is 12.2 Å². The number of nitrogens with zero attached hydrogens (tertiary/aromatic N) is 1. The molecule has 2 rings (SSSR count). The first-order chi connectivity index (χ1) is 8.28. The van der Waals surface area contributed by atoms with Gasteiger partial charge in [0.1, 0.15) is 11.5 Å². The van der Waals surface area contributed by atoms with Gasteiger partial charge >= 0.3 is 0 Å².